The average molecular weight is 187 g/mol. The molecule has 6 heteroatoms. The Morgan fingerprint density at radius 3 is 2.62 bits per heavy atom. The number of nitrogens with two attached hydrogens (primary N) is 1. The van der Waals surface area contributed by atoms with Gasteiger partial charge in [0.1, 0.15) is 0 Å². The minimum atomic E-state index is -1.22. The van der Waals surface area contributed by atoms with E-state index in [2.05, 4.69) is 5.32 Å². The van der Waals surface area contributed by atoms with Crippen LogP contribution in [0.1, 0.15) is 6.92 Å². The van der Waals surface area contributed by atoms with Gasteiger partial charge in [-0.1, -0.05) is 0 Å². The SMILES string of the molecule is CC1(C(=O)O)CNCCN1C(N)=O. The molecule has 1 aliphatic rings. The van der Waals surface area contributed by atoms with Gasteiger partial charge in [-0.15, -0.1) is 0 Å². The van der Waals surface area contributed by atoms with Crippen LogP contribution in [0.5, 0.6) is 0 Å². The number of carbonyl (C=O) groups excluding carboxylic acids is 1. The third-order valence-electron chi connectivity index (χ3n) is 2.30. The first kappa shape index (κ1) is 9.79. The smallest absolute Gasteiger partial charge is 0.330 e. The molecule has 0 aromatic carbocycles. The predicted octanol–water partition coefficient (Wildman–Crippen LogP) is -1.19. The fourth-order valence-electron chi connectivity index (χ4n) is 1.41. The van der Waals surface area contributed by atoms with Crippen molar-refractivity contribution in [2.24, 2.45) is 5.73 Å². The number of amides is 2. The van der Waals surface area contributed by atoms with Gasteiger partial charge in [0.25, 0.3) is 0 Å². The molecule has 4 N–H and O–H groups in total. The summed E-state index contributed by atoms with van der Waals surface area (Å²) in [4.78, 5) is 23.0. The summed E-state index contributed by atoms with van der Waals surface area (Å²) in [6.45, 7) is 2.61. The second-order valence-electron chi connectivity index (χ2n) is 3.25. The second-order valence-corrected chi connectivity index (χ2v) is 3.25. The Hall–Kier alpha value is -1.30. The lowest BCUT2D eigenvalue weighted by atomic mass is 9.98. The van der Waals surface area contributed by atoms with Crippen molar-refractivity contribution in [3.63, 3.8) is 0 Å². The van der Waals surface area contributed by atoms with E-state index in [0.717, 1.165) is 0 Å². The van der Waals surface area contributed by atoms with Gasteiger partial charge in [-0.3, -0.25) is 0 Å². The largest absolute Gasteiger partial charge is 0.479 e. The van der Waals surface area contributed by atoms with Gasteiger partial charge in [-0.05, 0) is 6.92 Å². The van der Waals surface area contributed by atoms with Gasteiger partial charge >= 0.3 is 12.0 Å². The number of nitrogens with one attached hydrogen (secondary N) is 1. The van der Waals surface area contributed by atoms with Crippen LogP contribution in [0.3, 0.4) is 0 Å². The molecule has 1 unspecified atom stereocenters. The molecule has 1 atom stereocenters. The van der Waals surface area contributed by atoms with Crippen LogP contribution in [0.2, 0.25) is 0 Å². The number of carbonyl (C=O) groups is 2. The molecular formula is C7H13N3O3. The fourth-order valence-corrected chi connectivity index (χ4v) is 1.41. The summed E-state index contributed by atoms with van der Waals surface area (Å²) >= 11 is 0. The van der Waals surface area contributed by atoms with E-state index in [4.69, 9.17) is 10.8 Å². The molecular weight excluding hydrogens is 174 g/mol. The van der Waals surface area contributed by atoms with E-state index in [1.165, 1.54) is 11.8 Å². The van der Waals surface area contributed by atoms with Crippen LogP contribution in [0.25, 0.3) is 0 Å². The van der Waals surface area contributed by atoms with E-state index in [1.54, 1.807) is 0 Å². The van der Waals surface area contributed by atoms with E-state index in [1.807, 2.05) is 0 Å². The Balaban J connectivity index is 2.89. The molecule has 1 heterocycles. The number of primary amides is 1. The highest BCUT2D eigenvalue weighted by Crippen LogP contribution is 2.16. The van der Waals surface area contributed by atoms with Crippen molar-refractivity contribution in [3.05, 3.63) is 0 Å². The van der Waals surface area contributed by atoms with Gasteiger partial charge in [0, 0.05) is 19.6 Å². The van der Waals surface area contributed by atoms with Crippen LogP contribution >= 0.6 is 0 Å². The summed E-state index contributed by atoms with van der Waals surface area (Å²) in [5.74, 6) is -1.04. The summed E-state index contributed by atoms with van der Waals surface area (Å²) in [6.07, 6.45) is 0. The maximum atomic E-state index is 10.9. The average Bonchev–Trinajstić information content (AvgIpc) is 2.04. The summed E-state index contributed by atoms with van der Waals surface area (Å²) in [7, 11) is 0. The minimum Gasteiger partial charge on any atom is -0.479 e. The predicted molar refractivity (Wildman–Crippen MR) is 45.2 cm³/mol. The Morgan fingerprint density at radius 2 is 2.23 bits per heavy atom. The third kappa shape index (κ3) is 1.57. The molecule has 0 aromatic heterocycles. The number of carboxylic acid groups (broad SMARTS) is 1. The summed E-state index contributed by atoms with van der Waals surface area (Å²) in [6, 6.07) is -0.689. The van der Waals surface area contributed by atoms with Crippen molar-refractivity contribution in [3.8, 4) is 0 Å². The zero-order valence-corrected chi connectivity index (χ0v) is 7.41. The number of hydrogen-bond acceptors (Lipinski definition) is 3. The number of piperazine rings is 1. The Kier molecular flexibility index (Phi) is 2.42. The zero-order chi connectivity index (χ0) is 10.1. The van der Waals surface area contributed by atoms with E-state index in [-0.39, 0.29) is 6.54 Å². The van der Waals surface area contributed by atoms with Crippen LogP contribution < -0.4 is 11.1 Å². The molecule has 6 nitrogen and oxygen atoms in total. The highest BCUT2D eigenvalue weighted by Gasteiger charge is 2.43. The summed E-state index contributed by atoms with van der Waals surface area (Å²) in [5, 5.41) is 11.8. The first-order chi connectivity index (χ1) is 5.98. The van der Waals surface area contributed by atoms with E-state index >= 15 is 0 Å². The second kappa shape index (κ2) is 3.21. The van der Waals surface area contributed by atoms with Crippen molar-refractivity contribution in [1.29, 1.82) is 0 Å². The summed E-state index contributed by atoms with van der Waals surface area (Å²) < 4.78 is 0. The highest BCUT2D eigenvalue weighted by molar-refractivity contribution is 5.85. The number of carboxylic acids is 1. The first-order valence-corrected chi connectivity index (χ1v) is 3.99. The standard InChI is InChI=1S/C7H13N3O3/c1-7(5(11)12)4-9-2-3-10(7)6(8)13/h9H,2-4H2,1H3,(H2,8,13)(H,11,12). The third-order valence-corrected chi connectivity index (χ3v) is 2.30. The molecule has 0 saturated carbocycles. The normalized spacial score (nSPS) is 28.5. The van der Waals surface area contributed by atoms with Crippen LogP contribution in [0.15, 0.2) is 0 Å². The molecule has 74 valence electrons. The minimum absolute atomic E-state index is 0.227. The van der Waals surface area contributed by atoms with Gasteiger partial charge in [0.05, 0.1) is 0 Å². The van der Waals surface area contributed by atoms with Crippen LogP contribution in [0.4, 0.5) is 4.79 Å². The topological polar surface area (TPSA) is 95.7 Å². The first-order valence-electron chi connectivity index (χ1n) is 3.99. The zero-order valence-electron chi connectivity index (χ0n) is 7.41. The number of hydrogen-bond donors (Lipinski definition) is 3. The lowest BCUT2D eigenvalue weighted by Crippen LogP contribution is -2.66. The molecule has 0 aromatic rings. The van der Waals surface area contributed by atoms with E-state index < -0.39 is 17.5 Å². The molecule has 1 rings (SSSR count). The fraction of sp³-hybridized carbons (Fsp3) is 0.714. The monoisotopic (exact) mass is 187 g/mol. The molecule has 0 aliphatic carbocycles. The lowest BCUT2D eigenvalue weighted by Gasteiger charge is -2.40. The van der Waals surface area contributed by atoms with Crippen LogP contribution in [-0.4, -0.2) is 47.2 Å². The summed E-state index contributed by atoms with van der Waals surface area (Å²) in [5.41, 5.74) is 3.86. The number of nitrogens with zero attached hydrogens (tertiary/aromatic N) is 1. The number of rotatable bonds is 1. The van der Waals surface area contributed by atoms with Crippen molar-refractivity contribution < 1.29 is 14.7 Å². The molecule has 2 amide bonds. The molecule has 1 aliphatic heterocycles. The van der Waals surface area contributed by atoms with Crippen molar-refractivity contribution >= 4 is 12.0 Å². The molecule has 0 bridgehead atoms. The molecule has 1 fully saturated rings. The Bertz CT molecular complexity index is 243. The molecule has 0 radical (unpaired) electrons. The van der Waals surface area contributed by atoms with Crippen molar-refractivity contribution in [2.75, 3.05) is 19.6 Å². The van der Waals surface area contributed by atoms with Crippen LogP contribution in [-0.2, 0) is 4.79 Å². The number of aliphatic carboxylic acids is 1. The van der Waals surface area contributed by atoms with Crippen molar-refractivity contribution in [2.45, 2.75) is 12.5 Å². The lowest BCUT2D eigenvalue weighted by molar-refractivity contribution is -0.149. The van der Waals surface area contributed by atoms with Crippen molar-refractivity contribution in [1.82, 2.24) is 10.2 Å². The van der Waals surface area contributed by atoms with E-state index in [9.17, 15) is 9.59 Å². The maximum absolute atomic E-state index is 10.9. The quantitative estimate of drug-likeness (QED) is 0.481. The van der Waals surface area contributed by atoms with Gasteiger partial charge < -0.3 is 21.1 Å². The Labute approximate surface area is 75.7 Å². The molecule has 1 saturated heterocycles. The molecule has 13 heavy (non-hydrogen) atoms. The van der Waals surface area contributed by atoms with Gasteiger partial charge in [-0.25, -0.2) is 9.59 Å². The maximum Gasteiger partial charge on any atom is 0.330 e. The van der Waals surface area contributed by atoms with Gasteiger partial charge in [0.15, 0.2) is 5.54 Å². The number of urea groups is 1. The van der Waals surface area contributed by atoms with Gasteiger partial charge in [-0.2, -0.15) is 0 Å². The highest BCUT2D eigenvalue weighted by atomic mass is 16.4. The Morgan fingerprint density at radius 1 is 1.62 bits per heavy atom. The van der Waals surface area contributed by atoms with E-state index in [0.29, 0.717) is 13.1 Å². The van der Waals surface area contributed by atoms with Crippen LogP contribution in [0, 0.1) is 0 Å². The molecule has 0 spiro atoms. The van der Waals surface area contributed by atoms with Gasteiger partial charge in [0.2, 0.25) is 0 Å².